The maximum Gasteiger partial charge on any atom is 0.0915 e. The van der Waals surface area contributed by atoms with E-state index in [9.17, 15) is 0 Å². The van der Waals surface area contributed by atoms with Crippen molar-refractivity contribution in [3.8, 4) is 0 Å². The summed E-state index contributed by atoms with van der Waals surface area (Å²) in [6, 6.07) is 0.484. The van der Waals surface area contributed by atoms with Gasteiger partial charge >= 0.3 is 0 Å². The first-order valence-corrected chi connectivity index (χ1v) is 5.26. The van der Waals surface area contributed by atoms with Gasteiger partial charge in [-0.25, -0.2) is 0 Å². The van der Waals surface area contributed by atoms with E-state index < -0.39 is 0 Å². The molecule has 4 nitrogen and oxygen atoms in total. The van der Waals surface area contributed by atoms with Gasteiger partial charge in [-0.2, -0.15) is 5.48 Å². The number of methoxy groups -OCH3 is 2. The molecule has 1 N–H and O–H groups in total. The minimum Gasteiger partial charge on any atom is -0.382 e. The molecule has 0 unspecified atom stereocenters. The SMILES string of the molecule is COCCONC1CCC(OC)CC1. The molecule has 0 heterocycles. The Morgan fingerprint density at radius 1 is 1.07 bits per heavy atom. The van der Waals surface area contributed by atoms with E-state index >= 15 is 0 Å². The predicted octanol–water partition coefficient (Wildman–Crippen LogP) is 1.11. The van der Waals surface area contributed by atoms with Crippen LogP contribution in [0.1, 0.15) is 25.7 Å². The molecule has 1 rings (SSSR count). The number of hydrogen-bond donors (Lipinski definition) is 1. The van der Waals surface area contributed by atoms with Gasteiger partial charge in [-0.1, -0.05) is 0 Å². The van der Waals surface area contributed by atoms with Crippen molar-refractivity contribution in [2.45, 2.75) is 37.8 Å². The first-order chi connectivity index (χ1) is 6.86. The predicted molar refractivity (Wildman–Crippen MR) is 54.0 cm³/mol. The summed E-state index contributed by atoms with van der Waals surface area (Å²) < 4.78 is 10.2. The summed E-state index contributed by atoms with van der Waals surface area (Å²) in [7, 11) is 3.46. The lowest BCUT2D eigenvalue weighted by atomic mass is 9.94. The zero-order valence-electron chi connectivity index (χ0n) is 9.12. The average molecular weight is 203 g/mol. The molecular formula is C10H21NO3. The topological polar surface area (TPSA) is 39.7 Å². The van der Waals surface area contributed by atoms with Gasteiger partial charge in [-0.05, 0) is 25.7 Å². The van der Waals surface area contributed by atoms with Crippen LogP contribution in [0.3, 0.4) is 0 Å². The molecule has 0 aromatic rings. The second-order valence-corrected chi connectivity index (χ2v) is 3.67. The Bertz CT molecular complexity index is 135. The number of hydrogen-bond acceptors (Lipinski definition) is 4. The maximum atomic E-state index is 5.29. The van der Waals surface area contributed by atoms with E-state index in [1.165, 1.54) is 0 Å². The number of ether oxygens (including phenoxy) is 2. The van der Waals surface area contributed by atoms with Crippen LogP contribution in [-0.4, -0.2) is 39.6 Å². The van der Waals surface area contributed by atoms with E-state index in [2.05, 4.69) is 5.48 Å². The van der Waals surface area contributed by atoms with Crippen LogP contribution in [0.25, 0.3) is 0 Å². The second-order valence-electron chi connectivity index (χ2n) is 3.67. The van der Waals surface area contributed by atoms with Gasteiger partial charge < -0.3 is 9.47 Å². The lowest BCUT2D eigenvalue weighted by molar-refractivity contribution is -0.0303. The van der Waals surface area contributed by atoms with Crippen molar-refractivity contribution in [1.29, 1.82) is 0 Å². The van der Waals surface area contributed by atoms with Crippen LogP contribution in [0.2, 0.25) is 0 Å². The molecule has 0 atom stereocenters. The molecule has 1 fully saturated rings. The molecule has 0 aliphatic heterocycles. The Labute approximate surface area is 85.9 Å². The fraction of sp³-hybridized carbons (Fsp3) is 1.00. The molecule has 14 heavy (non-hydrogen) atoms. The van der Waals surface area contributed by atoms with Gasteiger partial charge in [0.25, 0.3) is 0 Å². The Kier molecular flexibility index (Phi) is 6.10. The van der Waals surface area contributed by atoms with Gasteiger partial charge in [-0.3, -0.25) is 4.84 Å². The summed E-state index contributed by atoms with van der Waals surface area (Å²) in [5.41, 5.74) is 3.07. The van der Waals surface area contributed by atoms with E-state index in [1.54, 1.807) is 14.2 Å². The van der Waals surface area contributed by atoms with Crippen molar-refractivity contribution in [2.75, 3.05) is 27.4 Å². The standard InChI is InChI=1S/C10H21NO3/c1-12-7-8-14-11-9-3-5-10(13-2)6-4-9/h9-11H,3-8H2,1-2H3. The Balaban J connectivity index is 1.98. The monoisotopic (exact) mass is 203 g/mol. The summed E-state index contributed by atoms with van der Waals surface area (Å²) in [6.45, 7) is 1.25. The van der Waals surface area contributed by atoms with Crippen LogP contribution in [0.5, 0.6) is 0 Å². The quantitative estimate of drug-likeness (QED) is 0.518. The highest BCUT2D eigenvalue weighted by atomic mass is 16.7. The molecule has 0 amide bonds. The number of nitrogens with one attached hydrogen (secondary N) is 1. The van der Waals surface area contributed by atoms with Gasteiger partial charge in [0, 0.05) is 20.3 Å². The molecule has 0 radical (unpaired) electrons. The lowest BCUT2D eigenvalue weighted by Crippen LogP contribution is -2.35. The zero-order chi connectivity index (χ0) is 10.2. The van der Waals surface area contributed by atoms with Crippen molar-refractivity contribution in [1.82, 2.24) is 5.48 Å². The van der Waals surface area contributed by atoms with Crippen LogP contribution < -0.4 is 5.48 Å². The Morgan fingerprint density at radius 3 is 2.36 bits per heavy atom. The molecule has 0 bridgehead atoms. The summed E-state index contributed by atoms with van der Waals surface area (Å²) in [5.74, 6) is 0. The largest absolute Gasteiger partial charge is 0.382 e. The van der Waals surface area contributed by atoms with Crippen LogP contribution in [0, 0.1) is 0 Å². The summed E-state index contributed by atoms with van der Waals surface area (Å²) in [5, 5.41) is 0. The number of hydroxylamine groups is 1. The summed E-state index contributed by atoms with van der Waals surface area (Å²) in [4.78, 5) is 5.27. The zero-order valence-corrected chi connectivity index (χ0v) is 9.12. The van der Waals surface area contributed by atoms with Crippen molar-refractivity contribution >= 4 is 0 Å². The van der Waals surface area contributed by atoms with E-state index in [-0.39, 0.29) is 0 Å². The van der Waals surface area contributed by atoms with Crippen LogP contribution in [0.15, 0.2) is 0 Å². The fourth-order valence-corrected chi connectivity index (χ4v) is 1.72. The van der Waals surface area contributed by atoms with Crippen molar-refractivity contribution < 1.29 is 14.3 Å². The lowest BCUT2D eigenvalue weighted by Gasteiger charge is -2.27. The van der Waals surface area contributed by atoms with E-state index in [0.29, 0.717) is 25.4 Å². The first-order valence-electron chi connectivity index (χ1n) is 5.26. The fourth-order valence-electron chi connectivity index (χ4n) is 1.72. The third-order valence-electron chi connectivity index (χ3n) is 2.65. The average Bonchev–Trinajstić information content (AvgIpc) is 2.25. The molecule has 84 valence electrons. The van der Waals surface area contributed by atoms with E-state index in [1.807, 2.05) is 0 Å². The van der Waals surface area contributed by atoms with E-state index in [0.717, 1.165) is 25.7 Å². The van der Waals surface area contributed by atoms with Gasteiger partial charge in [0.05, 0.1) is 19.3 Å². The highest BCUT2D eigenvalue weighted by Gasteiger charge is 2.20. The smallest absolute Gasteiger partial charge is 0.0915 e. The van der Waals surface area contributed by atoms with Crippen LogP contribution in [0.4, 0.5) is 0 Å². The third-order valence-corrected chi connectivity index (χ3v) is 2.65. The molecular weight excluding hydrogens is 182 g/mol. The van der Waals surface area contributed by atoms with Gasteiger partial charge in [0.2, 0.25) is 0 Å². The molecule has 1 aliphatic rings. The van der Waals surface area contributed by atoms with Crippen molar-refractivity contribution in [2.24, 2.45) is 0 Å². The van der Waals surface area contributed by atoms with Crippen LogP contribution >= 0.6 is 0 Å². The Morgan fingerprint density at radius 2 is 1.79 bits per heavy atom. The summed E-state index contributed by atoms with van der Waals surface area (Å²) in [6.07, 6.45) is 4.97. The van der Waals surface area contributed by atoms with Crippen LogP contribution in [-0.2, 0) is 14.3 Å². The Hall–Kier alpha value is -0.160. The molecule has 4 heteroatoms. The molecule has 0 saturated heterocycles. The van der Waals surface area contributed by atoms with Gasteiger partial charge in [-0.15, -0.1) is 0 Å². The second kappa shape index (κ2) is 7.17. The maximum absolute atomic E-state index is 5.29. The first kappa shape index (κ1) is 11.9. The third kappa shape index (κ3) is 4.37. The molecule has 1 aliphatic carbocycles. The molecule has 1 saturated carbocycles. The van der Waals surface area contributed by atoms with Crippen molar-refractivity contribution in [3.63, 3.8) is 0 Å². The normalized spacial score (nSPS) is 27.9. The molecule has 0 aromatic heterocycles. The minimum absolute atomic E-state index is 0.451. The van der Waals surface area contributed by atoms with Gasteiger partial charge in [0.1, 0.15) is 0 Å². The molecule has 0 spiro atoms. The van der Waals surface area contributed by atoms with E-state index in [4.69, 9.17) is 14.3 Å². The highest BCUT2D eigenvalue weighted by molar-refractivity contribution is 4.74. The molecule has 0 aromatic carbocycles. The highest BCUT2D eigenvalue weighted by Crippen LogP contribution is 2.20. The summed E-state index contributed by atoms with van der Waals surface area (Å²) >= 11 is 0. The number of rotatable bonds is 6. The van der Waals surface area contributed by atoms with Gasteiger partial charge in [0.15, 0.2) is 0 Å². The van der Waals surface area contributed by atoms with Crippen molar-refractivity contribution in [3.05, 3.63) is 0 Å². The minimum atomic E-state index is 0.451.